The minimum atomic E-state index is -0.488. The predicted molar refractivity (Wildman–Crippen MR) is 120 cm³/mol. The molecule has 1 aromatic rings. The van der Waals surface area contributed by atoms with Crippen molar-refractivity contribution in [3.63, 3.8) is 0 Å². The summed E-state index contributed by atoms with van der Waals surface area (Å²) in [5, 5.41) is 2.96. The molecule has 1 N–H and O–H groups in total. The van der Waals surface area contributed by atoms with Crippen LogP contribution in [-0.4, -0.2) is 61.8 Å². The lowest BCUT2D eigenvalue weighted by Gasteiger charge is -2.28. The highest BCUT2D eigenvalue weighted by Gasteiger charge is 2.41. The highest BCUT2D eigenvalue weighted by molar-refractivity contribution is 8.00. The number of carbonyl (C=O) groups is 2. The third kappa shape index (κ3) is 5.53. The number of unbranched alkanes of at least 4 members (excludes halogenated alkanes) is 3. The third-order valence-electron chi connectivity index (χ3n) is 5.22. The van der Waals surface area contributed by atoms with Crippen LogP contribution in [0.2, 0.25) is 0 Å². The second-order valence-electron chi connectivity index (χ2n) is 7.19. The summed E-state index contributed by atoms with van der Waals surface area (Å²) in [5.74, 6) is 1.55. The molecule has 0 saturated carbocycles. The Bertz CT molecular complexity index is 702. The Kier molecular flexibility index (Phi) is 9.62. The van der Waals surface area contributed by atoms with Crippen molar-refractivity contribution < 1.29 is 23.8 Å². The molecule has 0 bridgehead atoms. The summed E-state index contributed by atoms with van der Waals surface area (Å²) in [6, 6.07) is 2.79. The van der Waals surface area contributed by atoms with Gasteiger partial charge in [-0.2, -0.15) is 0 Å². The topological polar surface area (TPSA) is 77.1 Å². The molecule has 0 aromatic heterocycles. The fraction of sp³-hybridized carbons (Fsp3) is 0.636. The molecular formula is C22H34N2O5S. The standard InChI is InChI=1S/C22H34N2O5S/c1-6-8-9-10-11-23-21(25)16-14-30-19(7-2)24(16)22(26)15-12-17(27-3)20(29-5)18(13-15)28-4/h12-13,16,19H,6-11,14H2,1-5H3,(H,23,25). The summed E-state index contributed by atoms with van der Waals surface area (Å²) in [5.41, 5.74) is 0.409. The summed E-state index contributed by atoms with van der Waals surface area (Å²) < 4.78 is 16.1. The van der Waals surface area contributed by atoms with Gasteiger partial charge in [0.25, 0.3) is 5.91 Å². The van der Waals surface area contributed by atoms with E-state index in [1.807, 2.05) is 6.92 Å². The number of benzene rings is 1. The fourth-order valence-corrected chi connectivity index (χ4v) is 4.94. The Labute approximate surface area is 183 Å². The third-order valence-corrected chi connectivity index (χ3v) is 6.67. The maximum atomic E-state index is 13.5. The van der Waals surface area contributed by atoms with Crippen molar-refractivity contribution in [3.05, 3.63) is 17.7 Å². The SMILES string of the molecule is CCCCCCNC(=O)C1CSC(CC)N1C(=O)c1cc(OC)c(OC)c(OC)c1. The van der Waals surface area contributed by atoms with Gasteiger partial charge in [-0.1, -0.05) is 33.1 Å². The van der Waals surface area contributed by atoms with E-state index in [2.05, 4.69) is 12.2 Å². The quantitative estimate of drug-likeness (QED) is 0.531. The van der Waals surface area contributed by atoms with Gasteiger partial charge in [0.2, 0.25) is 11.7 Å². The molecule has 1 aromatic carbocycles. The van der Waals surface area contributed by atoms with E-state index in [-0.39, 0.29) is 17.2 Å². The average molecular weight is 439 g/mol. The van der Waals surface area contributed by atoms with Crippen LogP contribution >= 0.6 is 11.8 Å². The molecule has 2 atom stereocenters. The van der Waals surface area contributed by atoms with E-state index in [1.165, 1.54) is 27.8 Å². The summed E-state index contributed by atoms with van der Waals surface area (Å²) in [4.78, 5) is 28.0. The van der Waals surface area contributed by atoms with Gasteiger partial charge in [0.15, 0.2) is 11.5 Å². The average Bonchev–Trinajstić information content (AvgIpc) is 3.21. The molecule has 2 unspecified atom stereocenters. The number of carbonyl (C=O) groups excluding carboxylic acids is 2. The number of methoxy groups -OCH3 is 3. The van der Waals surface area contributed by atoms with Crippen LogP contribution in [0.3, 0.4) is 0 Å². The fourth-order valence-electron chi connectivity index (χ4n) is 3.59. The first-order chi connectivity index (χ1) is 14.5. The molecule has 2 amide bonds. The number of hydrogen-bond donors (Lipinski definition) is 1. The molecule has 1 heterocycles. The van der Waals surface area contributed by atoms with Crippen molar-refractivity contribution in [2.75, 3.05) is 33.6 Å². The van der Waals surface area contributed by atoms with Crippen molar-refractivity contribution in [2.24, 2.45) is 0 Å². The van der Waals surface area contributed by atoms with Gasteiger partial charge in [0.05, 0.1) is 26.7 Å². The molecule has 7 nitrogen and oxygen atoms in total. The molecule has 1 aliphatic rings. The smallest absolute Gasteiger partial charge is 0.255 e. The van der Waals surface area contributed by atoms with Crippen LogP contribution < -0.4 is 19.5 Å². The molecule has 1 saturated heterocycles. The number of nitrogens with zero attached hydrogens (tertiary/aromatic N) is 1. The monoisotopic (exact) mass is 438 g/mol. The van der Waals surface area contributed by atoms with Crippen LogP contribution in [0.15, 0.2) is 12.1 Å². The second-order valence-corrected chi connectivity index (χ2v) is 8.40. The summed E-state index contributed by atoms with van der Waals surface area (Å²) >= 11 is 1.64. The summed E-state index contributed by atoms with van der Waals surface area (Å²) in [6.45, 7) is 4.83. The lowest BCUT2D eigenvalue weighted by molar-refractivity contribution is -0.124. The van der Waals surface area contributed by atoms with E-state index in [1.54, 1.807) is 28.8 Å². The molecule has 0 aliphatic carbocycles. The van der Waals surface area contributed by atoms with Crippen LogP contribution in [-0.2, 0) is 4.79 Å². The number of rotatable bonds is 11. The van der Waals surface area contributed by atoms with E-state index >= 15 is 0 Å². The Hall–Kier alpha value is -2.09. The van der Waals surface area contributed by atoms with Crippen molar-refractivity contribution >= 4 is 23.6 Å². The minimum absolute atomic E-state index is 0.0487. The van der Waals surface area contributed by atoms with Crippen LogP contribution in [0.4, 0.5) is 0 Å². The molecule has 2 rings (SSSR count). The van der Waals surface area contributed by atoms with Crippen LogP contribution in [0.1, 0.15) is 56.3 Å². The van der Waals surface area contributed by atoms with Gasteiger partial charge < -0.3 is 24.4 Å². The Morgan fingerprint density at radius 2 is 1.73 bits per heavy atom. The van der Waals surface area contributed by atoms with Crippen LogP contribution in [0.25, 0.3) is 0 Å². The maximum Gasteiger partial charge on any atom is 0.255 e. The molecule has 0 spiro atoms. The number of ether oxygens (including phenoxy) is 3. The van der Waals surface area contributed by atoms with E-state index in [9.17, 15) is 9.59 Å². The first-order valence-corrected chi connectivity index (χ1v) is 11.6. The predicted octanol–water partition coefficient (Wildman–Crippen LogP) is 3.70. The van der Waals surface area contributed by atoms with Crippen molar-refractivity contribution in [2.45, 2.75) is 57.4 Å². The highest BCUT2D eigenvalue weighted by atomic mass is 32.2. The Morgan fingerprint density at radius 1 is 1.07 bits per heavy atom. The van der Waals surface area contributed by atoms with E-state index in [0.717, 1.165) is 25.7 Å². The second kappa shape index (κ2) is 11.9. The maximum absolute atomic E-state index is 13.5. The van der Waals surface area contributed by atoms with Gasteiger partial charge in [-0.3, -0.25) is 9.59 Å². The molecule has 1 aliphatic heterocycles. The van der Waals surface area contributed by atoms with E-state index < -0.39 is 6.04 Å². The molecular weight excluding hydrogens is 404 g/mol. The molecule has 1 fully saturated rings. The van der Waals surface area contributed by atoms with Gasteiger partial charge in [-0.05, 0) is 25.0 Å². The summed E-state index contributed by atoms with van der Waals surface area (Å²) in [7, 11) is 4.55. The van der Waals surface area contributed by atoms with Crippen molar-refractivity contribution in [1.29, 1.82) is 0 Å². The number of thioether (sulfide) groups is 1. The minimum Gasteiger partial charge on any atom is -0.493 e. The van der Waals surface area contributed by atoms with Gasteiger partial charge in [0, 0.05) is 17.9 Å². The van der Waals surface area contributed by atoms with Gasteiger partial charge in [0.1, 0.15) is 6.04 Å². The zero-order valence-corrected chi connectivity index (χ0v) is 19.5. The van der Waals surface area contributed by atoms with Gasteiger partial charge in [-0.25, -0.2) is 0 Å². The van der Waals surface area contributed by atoms with Crippen LogP contribution in [0, 0.1) is 0 Å². The lowest BCUT2D eigenvalue weighted by atomic mass is 10.1. The largest absolute Gasteiger partial charge is 0.493 e. The van der Waals surface area contributed by atoms with Gasteiger partial charge in [-0.15, -0.1) is 11.8 Å². The van der Waals surface area contributed by atoms with E-state index in [0.29, 0.717) is 35.1 Å². The first-order valence-electron chi connectivity index (χ1n) is 10.5. The lowest BCUT2D eigenvalue weighted by Crippen LogP contribution is -2.49. The Morgan fingerprint density at radius 3 is 2.27 bits per heavy atom. The molecule has 0 radical (unpaired) electrons. The highest BCUT2D eigenvalue weighted by Crippen LogP contribution is 2.40. The van der Waals surface area contributed by atoms with E-state index in [4.69, 9.17) is 14.2 Å². The summed E-state index contributed by atoms with van der Waals surface area (Å²) in [6.07, 6.45) is 5.14. The molecule has 8 heteroatoms. The normalized spacial score (nSPS) is 18.2. The van der Waals surface area contributed by atoms with Crippen molar-refractivity contribution in [3.8, 4) is 17.2 Å². The van der Waals surface area contributed by atoms with Crippen LogP contribution in [0.5, 0.6) is 17.2 Å². The Balaban J connectivity index is 2.22. The first kappa shape index (κ1) is 24.2. The zero-order chi connectivity index (χ0) is 22.1. The zero-order valence-electron chi connectivity index (χ0n) is 18.7. The number of nitrogens with one attached hydrogen (secondary N) is 1. The number of hydrogen-bond acceptors (Lipinski definition) is 6. The molecule has 168 valence electrons. The van der Waals surface area contributed by atoms with Crippen molar-refractivity contribution in [1.82, 2.24) is 10.2 Å². The van der Waals surface area contributed by atoms with Gasteiger partial charge >= 0.3 is 0 Å². The molecule has 30 heavy (non-hydrogen) atoms. The number of amides is 2.